The number of halogens is 10. The maximum Gasteiger partial charge on any atom is 0.355 e. The van der Waals surface area contributed by atoms with Crippen molar-refractivity contribution < 1.29 is 13.2 Å². The van der Waals surface area contributed by atoms with Crippen LogP contribution in [0.1, 0.15) is 0 Å². The molecule has 10 heteroatoms. The van der Waals surface area contributed by atoms with Crippen LogP contribution in [-0.4, -0.2) is 20.2 Å². The highest BCUT2D eigenvalue weighted by atomic mass is 35.5. The maximum atomic E-state index is 13.2. The van der Waals surface area contributed by atoms with E-state index >= 15 is 0 Å². The minimum atomic E-state index is -4.37. The standard InChI is InChI=1S/C6H2Cl7F3/c7-1-2(8)4(9,10)5(11,12)3(14)6(13,15)16/h1,3H. The van der Waals surface area contributed by atoms with E-state index in [0.29, 0.717) is 5.54 Å². The second-order valence-electron chi connectivity index (χ2n) is 2.56. The highest BCUT2D eigenvalue weighted by Gasteiger charge is 2.62. The van der Waals surface area contributed by atoms with E-state index in [9.17, 15) is 13.2 Å². The van der Waals surface area contributed by atoms with E-state index in [1.54, 1.807) is 0 Å². The van der Waals surface area contributed by atoms with Crippen LogP contribution in [0.3, 0.4) is 0 Å². The molecule has 0 bridgehead atoms. The maximum absolute atomic E-state index is 13.2. The van der Waals surface area contributed by atoms with Crippen LogP contribution in [0.4, 0.5) is 13.2 Å². The average molecular weight is 379 g/mol. The molecule has 1 unspecified atom stereocenters. The lowest BCUT2D eigenvalue weighted by atomic mass is 10.2. The smallest absolute Gasteiger partial charge is 0.236 e. The lowest BCUT2D eigenvalue weighted by Crippen LogP contribution is -2.50. The van der Waals surface area contributed by atoms with Crippen molar-refractivity contribution in [1.29, 1.82) is 0 Å². The molecule has 16 heavy (non-hydrogen) atoms. The molecule has 0 aromatic carbocycles. The average Bonchev–Trinajstić information content (AvgIpc) is 2.13. The molecule has 0 aliphatic rings. The van der Waals surface area contributed by atoms with Gasteiger partial charge in [-0.15, -0.1) is 0 Å². The molecule has 0 aromatic rings. The Labute approximate surface area is 124 Å². The first-order valence-corrected chi connectivity index (χ1v) is 6.02. The van der Waals surface area contributed by atoms with Gasteiger partial charge in [0.25, 0.3) is 0 Å². The first-order chi connectivity index (χ1) is 6.89. The van der Waals surface area contributed by atoms with Crippen LogP contribution in [-0.2, 0) is 0 Å². The molecule has 0 rings (SSSR count). The molecule has 0 aromatic heterocycles. The quantitative estimate of drug-likeness (QED) is 0.540. The third-order valence-corrected chi connectivity index (χ3v) is 4.87. The van der Waals surface area contributed by atoms with E-state index in [0.717, 1.165) is 0 Å². The number of hydrogen-bond acceptors (Lipinski definition) is 0. The van der Waals surface area contributed by atoms with Gasteiger partial charge in [-0.25, -0.2) is 4.39 Å². The van der Waals surface area contributed by atoms with Crippen LogP contribution in [0.15, 0.2) is 10.6 Å². The number of allylic oxidation sites excluding steroid dienone is 1. The summed E-state index contributed by atoms with van der Waals surface area (Å²) >= 11 is 36.5. The first-order valence-electron chi connectivity index (χ1n) is 3.31. The Hall–Kier alpha value is 1.56. The molecular weight excluding hydrogens is 377 g/mol. The molecule has 0 amide bonds. The van der Waals surface area contributed by atoms with E-state index in [-0.39, 0.29) is 0 Å². The Kier molecular flexibility index (Phi) is 6.24. The second-order valence-corrected chi connectivity index (χ2v) is 6.40. The summed E-state index contributed by atoms with van der Waals surface area (Å²) in [7, 11) is 0. The normalized spacial score (nSPS) is 17.5. The number of alkyl halides is 8. The molecule has 0 heterocycles. The highest BCUT2D eigenvalue weighted by molar-refractivity contribution is 6.67. The fourth-order valence-corrected chi connectivity index (χ4v) is 2.17. The van der Waals surface area contributed by atoms with E-state index in [1.165, 1.54) is 0 Å². The van der Waals surface area contributed by atoms with Gasteiger partial charge in [0, 0.05) is 5.54 Å². The molecule has 0 radical (unpaired) electrons. The summed E-state index contributed by atoms with van der Waals surface area (Å²) in [6, 6.07) is 0. The van der Waals surface area contributed by atoms with E-state index in [4.69, 9.17) is 69.6 Å². The predicted octanol–water partition coefficient (Wildman–Crippen LogP) is 5.82. The molecule has 0 saturated heterocycles. The van der Waals surface area contributed by atoms with Gasteiger partial charge in [0.2, 0.25) is 6.17 Å². The minimum absolute atomic E-state index is 0.611. The van der Waals surface area contributed by atoms with E-state index < -0.39 is 25.3 Å². The molecule has 0 aliphatic carbocycles. The van der Waals surface area contributed by atoms with Gasteiger partial charge in [0.1, 0.15) is 0 Å². The number of rotatable bonds is 4. The van der Waals surface area contributed by atoms with Crippen molar-refractivity contribution in [2.45, 2.75) is 20.2 Å². The third kappa shape index (κ3) is 3.53. The molecule has 0 N–H and O–H groups in total. The van der Waals surface area contributed by atoms with Gasteiger partial charge in [0.05, 0.1) is 5.03 Å². The van der Waals surface area contributed by atoms with Crippen molar-refractivity contribution in [1.82, 2.24) is 0 Å². The molecule has 1 atom stereocenters. The van der Waals surface area contributed by atoms with E-state index in [1.807, 2.05) is 0 Å². The molecule has 96 valence electrons. The lowest BCUT2D eigenvalue weighted by molar-refractivity contribution is -0.00187. The van der Waals surface area contributed by atoms with Gasteiger partial charge in [-0.1, -0.05) is 69.6 Å². The van der Waals surface area contributed by atoms with Crippen LogP contribution >= 0.6 is 81.2 Å². The van der Waals surface area contributed by atoms with Crippen molar-refractivity contribution in [2.24, 2.45) is 0 Å². The summed E-state index contributed by atoms with van der Waals surface area (Å²) in [4.78, 5) is 0. The molecular formula is C6H2Cl7F3. The topological polar surface area (TPSA) is 0 Å². The Bertz CT molecular complexity index is 282. The largest absolute Gasteiger partial charge is 0.355 e. The van der Waals surface area contributed by atoms with Crippen molar-refractivity contribution in [3.05, 3.63) is 10.6 Å². The van der Waals surface area contributed by atoms with Crippen LogP contribution in [0.2, 0.25) is 0 Å². The molecule has 0 aliphatic heterocycles. The predicted molar refractivity (Wildman–Crippen MR) is 64.4 cm³/mol. The van der Waals surface area contributed by atoms with Crippen LogP contribution in [0.25, 0.3) is 0 Å². The summed E-state index contributed by atoms with van der Waals surface area (Å²) in [6.07, 6.45) is -3.27. The summed E-state index contributed by atoms with van der Waals surface area (Å²) < 4.78 is 32.7. The zero-order valence-electron chi connectivity index (χ0n) is 6.93. The Morgan fingerprint density at radius 2 is 1.44 bits per heavy atom. The van der Waals surface area contributed by atoms with Gasteiger partial charge in [-0.05, 0) is 11.6 Å². The zero-order chi connectivity index (χ0) is 13.4. The lowest BCUT2D eigenvalue weighted by Gasteiger charge is -2.35. The summed E-state index contributed by atoms with van der Waals surface area (Å²) in [5.74, 6) is 0. The zero-order valence-corrected chi connectivity index (χ0v) is 12.2. The second kappa shape index (κ2) is 5.68. The molecule has 0 spiro atoms. The molecule has 0 nitrogen and oxygen atoms in total. The van der Waals surface area contributed by atoms with Crippen molar-refractivity contribution in [3.63, 3.8) is 0 Å². The van der Waals surface area contributed by atoms with Crippen LogP contribution in [0, 0.1) is 0 Å². The van der Waals surface area contributed by atoms with Crippen LogP contribution in [0.5, 0.6) is 0 Å². The van der Waals surface area contributed by atoms with Crippen molar-refractivity contribution >= 4 is 81.2 Å². The Morgan fingerprint density at radius 1 is 1.06 bits per heavy atom. The van der Waals surface area contributed by atoms with Crippen molar-refractivity contribution in [2.75, 3.05) is 0 Å². The number of hydrogen-bond donors (Lipinski definition) is 0. The highest BCUT2D eigenvalue weighted by Crippen LogP contribution is 2.55. The minimum Gasteiger partial charge on any atom is -0.236 e. The fourth-order valence-electron chi connectivity index (χ4n) is 0.592. The van der Waals surface area contributed by atoms with Crippen LogP contribution < -0.4 is 0 Å². The monoisotopic (exact) mass is 376 g/mol. The van der Waals surface area contributed by atoms with Gasteiger partial charge < -0.3 is 0 Å². The third-order valence-electron chi connectivity index (χ3n) is 1.42. The van der Waals surface area contributed by atoms with Gasteiger partial charge >= 0.3 is 5.38 Å². The molecule has 0 fully saturated rings. The summed E-state index contributed by atoms with van der Waals surface area (Å²) in [5, 5.41) is -5.01. The summed E-state index contributed by atoms with van der Waals surface area (Å²) in [6.45, 7) is 0. The Morgan fingerprint density at radius 3 is 1.69 bits per heavy atom. The first kappa shape index (κ1) is 17.6. The van der Waals surface area contributed by atoms with Crippen molar-refractivity contribution in [3.8, 4) is 0 Å². The van der Waals surface area contributed by atoms with Gasteiger partial charge in [-0.3, -0.25) is 0 Å². The Balaban J connectivity index is 5.36. The molecule has 0 saturated carbocycles. The SMILES string of the molecule is FC(C(F)(F)Cl)C(Cl)(Cl)C(Cl)(Cl)C(Cl)=CCl. The van der Waals surface area contributed by atoms with Gasteiger partial charge in [-0.2, -0.15) is 8.78 Å². The fraction of sp³-hybridized carbons (Fsp3) is 0.667. The van der Waals surface area contributed by atoms with Gasteiger partial charge in [0.15, 0.2) is 8.67 Å². The summed E-state index contributed by atoms with van der Waals surface area (Å²) in [5.41, 5.74) is 0.611. The van der Waals surface area contributed by atoms with E-state index in [2.05, 4.69) is 11.6 Å².